The van der Waals surface area contributed by atoms with Crippen LogP contribution < -0.4 is 10.6 Å². The van der Waals surface area contributed by atoms with E-state index in [0.717, 1.165) is 64.5 Å². The number of hydrogen-bond donors (Lipinski definition) is 2. The van der Waals surface area contributed by atoms with Gasteiger partial charge in [-0.05, 0) is 33.6 Å². The molecule has 0 bridgehead atoms. The van der Waals surface area contributed by atoms with Gasteiger partial charge in [-0.15, -0.1) is 0 Å². The van der Waals surface area contributed by atoms with E-state index in [-0.39, 0.29) is 11.3 Å². The van der Waals surface area contributed by atoms with Crippen LogP contribution in [0.1, 0.15) is 46.5 Å². The van der Waals surface area contributed by atoms with E-state index in [2.05, 4.69) is 36.3 Å². The van der Waals surface area contributed by atoms with Crippen LogP contribution in [-0.2, 0) is 9.53 Å². The first-order valence-corrected chi connectivity index (χ1v) is 10.5. The lowest BCUT2D eigenvalue weighted by atomic mass is 9.85. The number of carbonyl (C=O) groups excluding carboxylic acids is 1. The maximum atomic E-state index is 12.7. The van der Waals surface area contributed by atoms with Crippen molar-refractivity contribution >= 4 is 11.9 Å². The summed E-state index contributed by atoms with van der Waals surface area (Å²) in [5.41, 5.74) is -0.323. The van der Waals surface area contributed by atoms with Crippen molar-refractivity contribution in [2.75, 3.05) is 53.5 Å². The summed E-state index contributed by atoms with van der Waals surface area (Å²) in [7, 11) is 3.70. The second kappa shape index (κ2) is 10.3. The van der Waals surface area contributed by atoms with E-state index in [1.54, 1.807) is 4.90 Å². The lowest BCUT2D eigenvalue weighted by molar-refractivity contribution is -0.138. The Morgan fingerprint density at radius 2 is 2.04 bits per heavy atom. The average molecular weight is 382 g/mol. The zero-order chi connectivity index (χ0) is 19.9. The van der Waals surface area contributed by atoms with Gasteiger partial charge in [0.2, 0.25) is 5.91 Å². The highest BCUT2D eigenvalue weighted by molar-refractivity contribution is 5.84. The molecule has 2 N–H and O–H groups in total. The number of rotatable bonds is 7. The molecule has 1 aliphatic carbocycles. The molecule has 2 unspecified atom stereocenters. The summed E-state index contributed by atoms with van der Waals surface area (Å²) < 4.78 is 5.54. The van der Waals surface area contributed by atoms with Crippen molar-refractivity contribution < 1.29 is 9.53 Å². The van der Waals surface area contributed by atoms with E-state index in [9.17, 15) is 4.79 Å². The zero-order valence-electron chi connectivity index (χ0n) is 17.9. The van der Waals surface area contributed by atoms with E-state index in [4.69, 9.17) is 9.73 Å². The zero-order valence-corrected chi connectivity index (χ0v) is 17.9. The summed E-state index contributed by atoms with van der Waals surface area (Å²) in [5.74, 6) is 1.03. The van der Waals surface area contributed by atoms with Gasteiger partial charge in [0, 0.05) is 45.8 Å². The number of nitrogens with one attached hydrogen (secondary N) is 2. The van der Waals surface area contributed by atoms with Crippen LogP contribution in [-0.4, -0.2) is 87.2 Å². The van der Waals surface area contributed by atoms with E-state index in [1.807, 2.05) is 14.1 Å². The van der Waals surface area contributed by atoms with E-state index >= 15 is 0 Å². The van der Waals surface area contributed by atoms with Crippen LogP contribution >= 0.6 is 0 Å². The van der Waals surface area contributed by atoms with E-state index < -0.39 is 0 Å². The van der Waals surface area contributed by atoms with Gasteiger partial charge in [-0.3, -0.25) is 14.7 Å². The molecule has 0 aromatic heterocycles. The Bertz CT molecular complexity index is 503. The first-order chi connectivity index (χ1) is 12.9. The Hall–Kier alpha value is -1.34. The number of aliphatic imine (C=N–C) groups is 1. The van der Waals surface area contributed by atoms with Gasteiger partial charge < -0.3 is 20.3 Å². The maximum Gasteiger partial charge on any atom is 0.230 e. The van der Waals surface area contributed by atoms with E-state index in [1.165, 1.54) is 0 Å². The molecule has 1 amide bonds. The van der Waals surface area contributed by atoms with E-state index in [0.29, 0.717) is 18.6 Å². The first-order valence-electron chi connectivity index (χ1n) is 10.5. The highest BCUT2D eigenvalue weighted by atomic mass is 16.5. The second-order valence-corrected chi connectivity index (χ2v) is 8.27. The fourth-order valence-corrected chi connectivity index (χ4v) is 4.29. The lowest BCUT2D eigenvalue weighted by Crippen LogP contribution is -2.53. The average Bonchev–Trinajstić information content (AvgIpc) is 3.13. The number of carbonyl (C=O) groups is 1. The number of guanidine groups is 1. The van der Waals surface area contributed by atoms with Gasteiger partial charge in [-0.25, -0.2) is 0 Å². The number of nitrogens with zero attached hydrogens (tertiary/aromatic N) is 3. The molecule has 0 spiro atoms. The summed E-state index contributed by atoms with van der Waals surface area (Å²) in [6, 6.07) is 0.839. The van der Waals surface area contributed by atoms with Crippen molar-refractivity contribution in [1.29, 1.82) is 0 Å². The number of hydrogen-bond acceptors (Lipinski definition) is 4. The van der Waals surface area contributed by atoms with Crippen LogP contribution in [0.4, 0.5) is 0 Å². The van der Waals surface area contributed by atoms with Crippen LogP contribution in [0.2, 0.25) is 0 Å². The summed E-state index contributed by atoms with van der Waals surface area (Å²) in [5, 5.41) is 6.81. The smallest absolute Gasteiger partial charge is 0.230 e. The van der Waals surface area contributed by atoms with Crippen molar-refractivity contribution in [2.24, 2.45) is 10.4 Å². The van der Waals surface area contributed by atoms with Gasteiger partial charge in [0.25, 0.3) is 0 Å². The maximum absolute atomic E-state index is 12.7. The molecule has 0 aromatic rings. The van der Waals surface area contributed by atoms with Crippen LogP contribution in [0, 0.1) is 5.41 Å². The Balaban J connectivity index is 1.97. The van der Waals surface area contributed by atoms with Crippen LogP contribution in [0.15, 0.2) is 4.99 Å². The molecule has 7 nitrogen and oxygen atoms in total. The predicted molar refractivity (Wildman–Crippen MR) is 110 cm³/mol. The van der Waals surface area contributed by atoms with Gasteiger partial charge in [0.05, 0.1) is 25.2 Å². The molecule has 1 saturated carbocycles. The third kappa shape index (κ3) is 5.82. The molecule has 2 aliphatic rings. The van der Waals surface area contributed by atoms with Crippen molar-refractivity contribution in [3.63, 3.8) is 0 Å². The standard InChI is InChI=1S/C20H39N5O2/c1-6-21-19(22-13-16(2)25-11-12-27-14-17(25)3)23-15-20(9-7-8-10-20)18(26)24(4)5/h16-17H,6-15H2,1-5H3,(H2,21,22,23). The molecular weight excluding hydrogens is 342 g/mol. The normalized spacial score (nSPS) is 24.5. The molecule has 0 aromatic carbocycles. The number of morpholine rings is 1. The van der Waals surface area contributed by atoms with Crippen LogP contribution in [0.25, 0.3) is 0 Å². The lowest BCUT2D eigenvalue weighted by Gasteiger charge is -2.38. The Morgan fingerprint density at radius 3 is 2.63 bits per heavy atom. The Labute approximate surface area is 164 Å². The van der Waals surface area contributed by atoms with Crippen molar-refractivity contribution in [2.45, 2.75) is 58.5 Å². The van der Waals surface area contributed by atoms with Gasteiger partial charge in [0.15, 0.2) is 5.96 Å². The monoisotopic (exact) mass is 381 g/mol. The minimum Gasteiger partial charge on any atom is -0.379 e. The molecule has 1 heterocycles. The van der Waals surface area contributed by atoms with Crippen LogP contribution in [0.3, 0.4) is 0 Å². The fraction of sp³-hybridized carbons (Fsp3) is 0.900. The molecule has 2 rings (SSSR count). The first kappa shape index (κ1) is 22.0. The summed E-state index contributed by atoms with van der Waals surface area (Å²) in [6.45, 7) is 11.3. The molecule has 7 heteroatoms. The minimum atomic E-state index is -0.323. The Kier molecular flexibility index (Phi) is 8.35. The minimum absolute atomic E-state index is 0.218. The Morgan fingerprint density at radius 1 is 1.33 bits per heavy atom. The second-order valence-electron chi connectivity index (χ2n) is 8.27. The SMILES string of the molecule is CCNC(=NCC1(C(=O)N(C)C)CCCC1)NCC(C)N1CCOCC1C. The topological polar surface area (TPSA) is 69.2 Å². The van der Waals surface area contributed by atoms with Crippen molar-refractivity contribution in [1.82, 2.24) is 20.4 Å². The van der Waals surface area contributed by atoms with Crippen molar-refractivity contribution in [3.05, 3.63) is 0 Å². The number of ether oxygens (including phenoxy) is 1. The fourth-order valence-electron chi connectivity index (χ4n) is 4.29. The third-order valence-electron chi connectivity index (χ3n) is 5.85. The summed E-state index contributed by atoms with van der Waals surface area (Å²) >= 11 is 0. The molecule has 156 valence electrons. The summed E-state index contributed by atoms with van der Waals surface area (Å²) in [4.78, 5) is 21.8. The van der Waals surface area contributed by atoms with Crippen molar-refractivity contribution in [3.8, 4) is 0 Å². The molecule has 0 radical (unpaired) electrons. The highest BCUT2D eigenvalue weighted by Gasteiger charge is 2.42. The molecule has 2 atom stereocenters. The van der Waals surface area contributed by atoms with Gasteiger partial charge in [0.1, 0.15) is 0 Å². The van der Waals surface area contributed by atoms with Gasteiger partial charge >= 0.3 is 0 Å². The molecule has 27 heavy (non-hydrogen) atoms. The van der Waals surface area contributed by atoms with Gasteiger partial charge in [-0.2, -0.15) is 0 Å². The number of amides is 1. The van der Waals surface area contributed by atoms with Gasteiger partial charge in [-0.1, -0.05) is 12.8 Å². The molecule has 1 aliphatic heterocycles. The molecular formula is C20H39N5O2. The molecule has 1 saturated heterocycles. The predicted octanol–water partition coefficient (Wildman–Crippen LogP) is 1.30. The largest absolute Gasteiger partial charge is 0.379 e. The highest BCUT2D eigenvalue weighted by Crippen LogP contribution is 2.39. The third-order valence-corrected chi connectivity index (χ3v) is 5.85. The summed E-state index contributed by atoms with van der Waals surface area (Å²) in [6.07, 6.45) is 4.11. The van der Waals surface area contributed by atoms with Crippen LogP contribution in [0.5, 0.6) is 0 Å². The molecule has 2 fully saturated rings. The quantitative estimate of drug-likeness (QED) is 0.514.